The van der Waals surface area contributed by atoms with Gasteiger partial charge in [-0.3, -0.25) is 4.98 Å². The van der Waals surface area contributed by atoms with Crippen LogP contribution in [0.25, 0.3) is 0 Å². The second-order valence-corrected chi connectivity index (χ2v) is 4.28. The molecule has 0 bridgehead atoms. The van der Waals surface area contributed by atoms with E-state index in [1.54, 1.807) is 31.5 Å². The number of methoxy groups -OCH3 is 1. The SMILES string of the molecule is COc1cc(C(N)=S)ccc1OCc1ccccn1. The van der Waals surface area contributed by atoms with Crippen molar-refractivity contribution in [1.29, 1.82) is 0 Å². The lowest BCUT2D eigenvalue weighted by molar-refractivity contribution is 0.280. The number of hydrogen-bond acceptors (Lipinski definition) is 4. The van der Waals surface area contributed by atoms with Crippen LogP contribution in [0, 0.1) is 0 Å². The van der Waals surface area contributed by atoms with E-state index in [1.165, 1.54) is 0 Å². The summed E-state index contributed by atoms with van der Waals surface area (Å²) in [4.78, 5) is 4.52. The molecule has 0 aliphatic heterocycles. The molecule has 0 aliphatic carbocycles. The summed E-state index contributed by atoms with van der Waals surface area (Å²) in [6.07, 6.45) is 1.73. The molecular formula is C14H14N2O2S. The molecule has 0 radical (unpaired) electrons. The van der Waals surface area contributed by atoms with E-state index < -0.39 is 0 Å². The molecule has 1 heterocycles. The maximum Gasteiger partial charge on any atom is 0.161 e. The van der Waals surface area contributed by atoms with Gasteiger partial charge in [0.2, 0.25) is 0 Å². The molecule has 98 valence electrons. The highest BCUT2D eigenvalue weighted by Gasteiger charge is 2.07. The van der Waals surface area contributed by atoms with Crippen molar-refractivity contribution in [3.05, 3.63) is 53.9 Å². The quantitative estimate of drug-likeness (QED) is 0.848. The van der Waals surface area contributed by atoms with Crippen molar-refractivity contribution in [3.8, 4) is 11.5 Å². The zero-order valence-corrected chi connectivity index (χ0v) is 11.3. The predicted octanol–water partition coefficient (Wildman–Crippen LogP) is 2.30. The molecule has 0 spiro atoms. The number of pyridine rings is 1. The van der Waals surface area contributed by atoms with Gasteiger partial charge in [0.1, 0.15) is 11.6 Å². The van der Waals surface area contributed by atoms with E-state index in [0.717, 1.165) is 11.3 Å². The second kappa shape index (κ2) is 6.15. The van der Waals surface area contributed by atoms with Crippen molar-refractivity contribution in [2.75, 3.05) is 7.11 Å². The molecule has 2 aromatic rings. The third-order valence-electron chi connectivity index (χ3n) is 2.55. The normalized spacial score (nSPS) is 9.95. The molecular weight excluding hydrogens is 260 g/mol. The lowest BCUT2D eigenvalue weighted by Crippen LogP contribution is -2.09. The highest BCUT2D eigenvalue weighted by atomic mass is 32.1. The van der Waals surface area contributed by atoms with Crippen LogP contribution in [0.4, 0.5) is 0 Å². The van der Waals surface area contributed by atoms with Crippen molar-refractivity contribution in [3.63, 3.8) is 0 Å². The molecule has 0 saturated carbocycles. The maximum atomic E-state index is 5.68. The molecule has 0 aliphatic rings. The first-order valence-corrected chi connectivity index (χ1v) is 6.12. The molecule has 0 atom stereocenters. The number of aromatic nitrogens is 1. The van der Waals surface area contributed by atoms with Gasteiger partial charge in [-0.1, -0.05) is 18.3 Å². The lowest BCUT2D eigenvalue weighted by Gasteiger charge is -2.11. The van der Waals surface area contributed by atoms with Crippen LogP contribution in [-0.4, -0.2) is 17.1 Å². The topological polar surface area (TPSA) is 57.4 Å². The predicted molar refractivity (Wildman–Crippen MR) is 77.5 cm³/mol. The zero-order chi connectivity index (χ0) is 13.7. The van der Waals surface area contributed by atoms with Crippen LogP contribution in [0.2, 0.25) is 0 Å². The van der Waals surface area contributed by atoms with Crippen molar-refractivity contribution in [2.24, 2.45) is 5.73 Å². The zero-order valence-electron chi connectivity index (χ0n) is 10.5. The van der Waals surface area contributed by atoms with E-state index in [1.807, 2.05) is 18.2 Å². The summed E-state index contributed by atoms with van der Waals surface area (Å²) in [5, 5.41) is 0. The van der Waals surface area contributed by atoms with Crippen molar-refractivity contribution >= 4 is 17.2 Å². The van der Waals surface area contributed by atoms with Crippen LogP contribution in [0.15, 0.2) is 42.6 Å². The van der Waals surface area contributed by atoms with Crippen LogP contribution < -0.4 is 15.2 Å². The van der Waals surface area contributed by atoms with Crippen LogP contribution in [0.5, 0.6) is 11.5 Å². The Balaban J connectivity index is 2.14. The van der Waals surface area contributed by atoms with E-state index in [0.29, 0.717) is 23.1 Å². The Morgan fingerprint density at radius 1 is 1.26 bits per heavy atom. The Morgan fingerprint density at radius 3 is 2.74 bits per heavy atom. The Bertz CT molecular complexity index is 573. The Kier molecular flexibility index (Phi) is 4.30. The van der Waals surface area contributed by atoms with E-state index in [4.69, 9.17) is 27.4 Å². The van der Waals surface area contributed by atoms with Crippen molar-refractivity contribution < 1.29 is 9.47 Å². The average Bonchev–Trinajstić information content (AvgIpc) is 2.45. The molecule has 2 N–H and O–H groups in total. The van der Waals surface area contributed by atoms with Gasteiger partial charge < -0.3 is 15.2 Å². The number of thiocarbonyl (C=S) groups is 1. The number of ether oxygens (including phenoxy) is 2. The minimum absolute atomic E-state index is 0.328. The molecule has 0 amide bonds. The molecule has 0 fully saturated rings. The van der Waals surface area contributed by atoms with Crippen LogP contribution in [-0.2, 0) is 6.61 Å². The summed E-state index contributed by atoms with van der Waals surface area (Å²) < 4.78 is 10.9. The highest BCUT2D eigenvalue weighted by Crippen LogP contribution is 2.28. The summed E-state index contributed by atoms with van der Waals surface area (Å²) >= 11 is 4.93. The van der Waals surface area contributed by atoms with E-state index in [9.17, 15) is 0 Å². The first kappa shape index (κ1) is 13.3. The van der Waals surface area contributed by atoms with E-state index >= 15 is 0 Å². The Hall–Kier alpha value is -2.14. The minimum atomic E-state index is 0.328. The van der Waals surface area contributed by atoms with Gasteiger partial charge in [-0.2, -0.15) is 0 Å². The van der Waals surface area contributed by atoms with Crippen molar-refractivity contribution in [1.82, 2.24) is 4.98 Å². The fourth-order valence-corrected chi connectivity index (χ4v) is 1.70. The van der Waals surface area contributed by atoms with Gasteiger partial charge in [0.05, 0.1) is 12.8 Å². The number of nitrogens with zero attached hydrogens (tertiary/aromatic N) is 1. The van der Waals surface area contributed by atoms with Gasteiger partial charge in [0, 0.05) is 11.8 Å². The number of nitrogens with two attached hydrogens (primary N) is 1. The minimum Gasteiger partial charge on any atom is -0.493 e. The summed E-state index contributed by atoms with van der Waals surface area (Å²) in [5.74, 6) is 1.23. The smallest absolute Gasteiger partial charge is 0.161 e. The van der Waals surface area contributed by atoms with Gasteiger partial charge in [-0.15, -0.1) is 0 Å². The molecule has 19 heavy (non-hydrogen) atoms. The fraction of sp³-hybridized carbons (Fsp3) is 0.143. The largest absolute Gasteiger partial charge is 0.493 e. The average molecular weight is 274 g/mol. The summed E-state index contributed by atoms with van der Waals surface area (Å²) in [6, 6.07) is 11.0. The van der Waals surface area contributed by atoms with Crippen LogP contribution in [0.1, 0.15) is 11.3 Å². The highest BCUT2D eigenvalue weighted by molar-refractivity contribution is 7.80. The van der Waals surface area contributed by atoms with Crippen LogP contribution in [0.3, 0.4) is 0 Å². The molecule has 5 heteroatoms. The molecule has 4 nitrogen and oxygen atoms in total. The molecule has 2 rings (SSSR count). The lowest BCUT2D eigenvalue weighted by atomic mass is 10.2. The van der Waals surface area contributed by atoms with Gasteiger partial charge in [-0.05, 0) is 30.3 Å². The first-order valence-electron chi connectivity index (χ1n) is 5.71. The summed E-state index contributed by atoms with van der Waals surface area (Å²) in [5.41, 5.74) is 7.17. The molecule has 0 saturated heterocycles. The fourth-order valence-electron chi connectivity index (χ4n) is 1.58. The number of hydrogen-bond donors (Lipinski definition) is 1. The van der Waals surface area contributed by atoms with E-state index in [-0.39, 0.29) is 0 Å². The number of rotatable bonds is 5. The Morgan fingerprint density at radius 2 is 2.11 bits per heavy atom. The van der Waals surface area contributed by atoms with Gasteiger partial charge >= 0.3 is 0 Å². The van der Waals surface area contributed by atoms with Gasteiger partial charge in [0.15, 0.2) is 11.5 Å². The van der Waals surface area contributed by atoms with Crippen LogP contribution >= 0.6 is 12.2 Å². The number of benzene rings is 1. The van der Waals surface area contributed by atoms with Crippen molar-refractivity contribution in [2.45, 2.75) is 6.61 Å². The van der Waals surface area contributed by atoms with Gasteiger partial charge in [-0.25, -0.2) is 0 Å². The third-order valence-corrected chi connectivity index (χ3v) is 2.79. The van der Waals surface area contributed by atoms with Gasteiger partial charge in [0.25, 0.3) is 0 Å². The second-order valence-electron chi connectivity index (χ2n) is 3.84. The summed E-state index contributed by atoms with van der Waals surface area (Å²) in [6.45, 7) is 0.379. The first-order chi connectivity index (χ1) is 9.20. The standard InChI is InChI=1S/C14H14N2O2S/c1-17-13-8-10(14(15)19)5-6-12(13)18-9-11-4-2-3-7-16-11/h2-8H,9H2,1H3,(H2,15,19). The summed E-state index contributed by atoms with van der Waals surface area (Å²) in [7, 11) is 1.58. The molecule has 1 aromatic heterocycles. The molecule has 0 unspecified atom stereocenters. The third kappa shape index (κ3) is 3.42. The Labute approximate surface area is 117 Å². The van der Waals surface area contributed by atoms with E-state index in [2.05, 4.69) is 4.98 Å². The monoisotopic (exact) mass is 274 g/mol. The maximum absolute atomic E-state index is 5.68. The molecule has 1 aromatic carbocycles.